The van der Waals surface area contributed by atoms with Crippen molar-refractivity contribution in [2.24, 2.45) is 5.18 Å². The van der Waals surface area contributed by atoms with Crippen molar-refractivity contribution in [3.63, 3.8) is 0 Å². The van der Waals surface area contributed by atoms with E-state index in [0.717, 1.165) is 39.3 Å². The molecule has 1 aliphatic heterocycles. The summed E-state index contributed by atoms with van der Waals surface area (Å²) in [4.78, 5) is 13.7. The summed E-state index contributed by atoms with van der Waals surface area (Å²) in [5.41, 5.74) is 1.78. The minimum atomic E-state index is 0.135. The molecule has 1 aromatic rings. The molecule has 1 saturated carbocycles. The highest BCUT2D eigenvalue weighted by Crippen LogP contribution is 2.44. The molecule has 0 unspecified atom stereocenters. The highest BCUT2D eigenvalue weighted by atomic mass is 16.5. The molecule has 5 nitrogen and oxygen atoms in total. The fourth-order valence-corrected chi connectivity index (χ4v) is 4.06. The Morgan fingerprint density at radius 2 is 2.04 bits per heavy atom. The first-order chi connectivity index (χ1) is 11.3. The maximum atomic E-state index is 11.1. The van der Waals surface area contributed by atoms with Gasteiger partial charge in [0.25, 0.3) is 0 Å². The largest absolute Gasteiger partial charge is 0.494 e. The molecule has 126 valence electrons. The molecule has 1 saturated heterocycles. The minimum absolute atomic E-state index is 0.135. The number of hydrogen-bond acceptors (Lipinski definition) is 5. The quantitative estimate of drug-likeness (QED) is 0.778. The van der Waals surface area contributed by atoms with Crippen LogP contribution in [0.15, 0.2) is 23.4 Å². The van der Waals surface area contributed by atoms with Gasteiger partial charge >= 0.3 is 0 Å². The van der Waals surface area contributed by atoms with Crippen molar-refractivity contribution in [3.05, 3.63) is 28.7 Å². The maximum absolute atomic E-state index is 11.1. The predicted molar refractivity (Wildman–Crippen MR) is 90.5 cm³/mol. The molecule has 1 aromatic carbocycles. The van der Waals surface area contributed by atoms with Crippen LogP contribution in [0.4, 0.5) is 5.69 Å². The van der Waals surface area contributed by atoms with Crippen LogP contribution >= 0.6 is 0 Å². The summed E-state index contributed by atoms with van der Waals surface area (Å²) in [6, 6.07) is 5.94. The van der Waals surface area contributed by atoms with Crippen LogP contribution < -0.4 is 4.74 Å². The van der Waals surface area contributed by atoms with Gasteiger partial charge in [0.05, 0.1) is 13.7 Å². The summed E-state index contributed by atoms with van der Waals surface area (Å²) in [5.74, 6) is 0.556. The summed E-state index contributed by atoms with van der Waals surface area (Å²) >= 11 is 0. The second-order valence-corrected chi connectivity index (χ2v) is 6.71. The Balaban J connectivity index is 1.86. The van der Waals surface area contributed by atoms with Crippen LogP contribution in [0.1, 0.15) is 37.7 Å². The summed E-state index contributed by atoms with van der Waals surface area (Å²) in [6.45, 7) is 4.82. The molecule has 23 heavy (non-hydrogen) atoms. The van der Waals surface area contributed by atoms with Crippen LogP contribution in [0.3, 0.4) is 0 Å². The zero-order valence-corrected chi connectivity index (χ0v) is 13.9. The van der Waals surface area contributed by atoms with Crippen molar-refractivity contribution in [1.82, 2.24) is 4.90 Å². The topological polar surface area (TPSA) is 51.1 Å². The highest BCUT2D eigenvalue weighted by molar-refractivity contribution is 5.55. The highest BCUT2D eigenvalue weighted by Gasteiger charge is 2.37. The van der Waals surface area contributed by atoms with Crippen molar-refractivity contribution in [2.75, 3.05) is 40.0 Å². The van der Waals surface area contributed by atoms with Crippen LogP contribution in [-0.4, -0.2) is 44.9 Å². The number of methoxy groups -OCH3 is 1. The molecule has 1 heterocycles. The minimum Gasteiger partial charge on any atom is -0.494 e. The van der Waals surface area contributed by atoms with Crippen LogP contribution in [0.5, 0.6) is 5.75 Å². The summed E-state index contributed by atoms with van der Waals surface area (Å²) < 4.78 is 10.8. The van der Waals surface area contributed by atoms with Gasteiger partial charge in [0, 0.05) is 31.7 Å². The van der Waals surface area contributed by atoms with Crippen molar-refractivity contribution >= 4 is 5.69 Å². The monoisotopic (exact) mass is 318 g/mol. The van der Waals surface area contributed by atoms with Crippen molar-refractivity contribution in [1.29, 1.82) is 0 Å². The molecule has 2 aliphatic rings. The molecule has 0 aromatic heterocycles. The van der Waals surface area contributed by atoms with Crippen LogP contribution in [-0.2, 0) is 10.2 Å². The lowest BCUT2D eigenvalue weighted by Gasteiger charge is -2.35. The van der Waals surface area contributed by atoms with Gasteiger partial charge in [-0.05, 0) is 42.1 Å². The average molecular weight is 318 g/mol. The number of nitrogens with zero attached hydrogens (tertiary/aromatic N) is 2. The molecule has 1 aliphatic carbocycles. The fourth-order valence-electron chi connectivity index (χ4n) is 4.06. The Hall–Kier alpha value is -1.46. The molecule has 3 rings (SSSR count). The Morgan fingerprint density at radius 3 is 2.78 bits per heavy atom. The predicted octanol–water partition coefficient (Wildman–Crippen LogP) is 3.63. The van der Waals surface area contributed by atoms with E-state index in [1.54, 1.807) is 7.11 Å². The first kappa shape index (κ1) is 16.4. The fraction of sp³-hybridized carbons (Fsp3) is 0.667. The second kappa shape index (κ2) is 7.41. The first-order valence-electron chi connectivity index (χ1n) is 8.59. The molecule has 0 N–H and O–H groups in total. The molecule has 5 heteroatoms. The Kier molecular flexibility index (Phi) is 5.28. The third-order valence-electron chi connectivity index (χ3n) is 5.29. The number of rotatable bonds is 5. The molecule has 0 amide bonds. The van der Waals surface area contributed by atoms with Gasteiger partial charge in [0.1, 0.15) is 11.4 Å². The molecular formula is C18H26N2O3. The zero-order chi connectivity index (χ0) is 16.1. The van der Waals surface area contributed by atoms with Gasteiger partial charge in [0.2, 0.25) is 0 Å². The van der Waals surface area contributed by atoms with Gasteiger partial charge in [-0.2, -0.15) is 0 Å². The van der Waals surface area contributed by atoms with E-state index < -0.39 is 0 Å². The third-order valence-corrected chi connectivity index (χ3v) is 5.29. The van der Waals surface area contributed by atoms with Crippen molar-refractivity contribution < 1.29 is 9.47 Å². The van der Waals surface area contributed by atoms with E-state index in [1.165, 1.54) is 31.2 Å². The lowest BCUT2D eigenvalue weighted by molar-refractivity contribution is 0.135. The van der Waals surface area contributed by atoms with E-state index in [9.17, 15) is 4.91 Å². The third kappa shape index (κ3) is 3.56. The zero-order valence-electron chi connectivity index (χ0n) is 13.9. The van der Waals surface area contributed by atoms with Gasteiger partial charge < -0.3 is 14.4 Å². The molecule has 2 fully saturated rings. The van der Waals surface area contributed by atoms with E-state index in [-0.39, 0.29) is 5.41 Å². The Morgan fingerprint density at radius 1 is 1.22 bits per heavy atom. The second-order valence-electron chi connectivity index (χ2n) is 6.71. The van der Waals surface area contributed by atoms with E-state index in [0.29, 0.717) is 11.4 Å². The average Bonchev–Trinajstić information content (AvgIpc) is 2.92. The van der Waals surface area contributed by atoms with Crippen molar-refractivity contribution in [2.45, 2.75) is 37.5 Å². The standard InChI is InChI=1S/C18H26N2O3/c1-22-17-6-5-15(13-16(17)19-21)18(7-2-3-8-18)14-20-9-4-11-23-12-10-20/h5-6,13H,2-4,7-12,14H2,1H3. The molecule has 0 radical (unpaired) electrons. The Labute approximate surface area is 137 Å². The molecular weight excluding hydrogens is 292 g/mol. The van der Waals surface area contributed by atoms with Gasteiger partial charge in [0.15, 0.2) is 0 Å². The number of hydrogen-bond donors (Lipinski definition) is 0. The molecule has 0 atom stereocenters. The molecule has 0 spiro atoms. The summed E-state index contributed by atoms with van der Waals surface area (Å²) in [5, 5.41) is 3.16. The lowest BCUT2D eigenvalue weighted by Crippen LogP contribution is -2.40. The van der Waals surface area contributed by atoms with Crippen molar-refractivity contribution in [3.8, 4) is 5.75 Å². The van der Waals surface area contributed by atoms with Gasteiger partial charge in [-0.3, -0.25) is 0 Å². The number of nitroso groups, excluding NO2 is 1. The SMILES string of the molecule is COc1ccc(C2(CN3CCCOCC3)CCCC2)cc1N=O. The van der Waals surface area contributed by atoms with E-state index in [1.807, 2.05) is 12.1 Å². The summed E-state index contributed by atoms with van der Waals surface area (Å²) in [6.07, 6.45) is 5.95. The number of ether oxygens (including phenoxy) is 2. The van der Waals surface area contributed by atoms with E-state index in [4.69, 9.17) is 9.47 Å². The van der Waals surface area contributed by atoms with E-state index in [2.05, 4.69) is 16.1 Å². The van der Waals surface area contributed by atoms with Gasteiger partial charge in [-0.1, -0.05) is 18.9 Å². The lowest BCUT2D eigenvalue weighted by atomic mass is 9.78. The van der Waals surface area contributed by atoms with Gasteiger partial charge in [-0.15, -0.1) is 4.91 Å². The first-order valence-corrected chi connectivity index (χ1v) is 8.59. The van der Waals surface area contributed by atoms with Gasteiger partial charge in [-0.25, -0.2) is 0 Å². The van der Waals surface area contributed by atoms with Crippen LogP contribution in [0, 0.1) is 4.91 Å². The smallest absolute Gasteiger partial charge is 0.150 e. The Bertz CT molecular complexity index is 533. The number of benzene rings is 1. The van der Waals surface area contributed by atoms with Crippen LogP contribution in [0.2, 0.25) is 0 Å². The molecule has 0 bridgehead atoms. The summed E-state index contributed by atoms with van der Waals surface area (Å²) in [7, 11) is 1.58. The van der Waals surface area contributed by atoms with Crippen LogP contribution in [0.25, 0.3) is 0 Å². The van der Waals surface area contributed by atoms with E-state index >= 15 is 0 Å². The maximum Gasteiger partial charge on any atom is 0.150 e. The normalized spacial score (nSPS) is 21.8.